The maximum absolute atomic E-state index is 13.1. The zero-order valence-electron chi connectivity index (χ0n) is 9.00. The molecule has 3 nitrogen and oxygen atoms in total. The van der Waals surface area contributed by atoms with Crippen molar-refractivity contribution < 1.29 is 19.1 Å². The largest absolute Gasteiger partial charge is 0.481 e. The Bertz CT molecular complexity index is 413. The zero-order chi connectivity index (χ0) is 12.1. The van der Waals surface area contributed by atoms with Gasteiger partial charge in [-0.1, -0.05) is 6.07 Å². The number of carboxylic acid groups (broad SMARTS) is 1. The third kappa shape index (κ3) is 3.15. The minimum absolute atomic E-state index is 0.0503. The summed E-state index contributed by atoms with van der Waals surface area (Å²) in [6, 6.07) is 2.79. The van der Waals surface area contributed by atoms with Crippen molar-refractivity contribution in [3.05, 3.63) is 34.6 Å². The van der Waals surface area contributed by atoms with E-state index in [9.17, 15) is 14.0 Å². The molecule has 4 heteroatoms. The lowest BCUT2D eigenvalue weighted by molar-refractivity contribution is -0.137. The van der Waals surface area contributed by atoms with Crippen molar-refractivity contribution >= 4 is 12.3 Å². The Balaban J connectivity index is 2.82. The number of benzene rings is 1. The molecule has 1 aromatic carbocycles. The van der Waals surface area contributed by atoms with Crippen molar-refractivity contribution in [1.29, 1.82) is 0 Å². The number of aldehydes is 1. The summed E-state index contributed by atoms with van der Waals surface area (Å²) in [5, 5.41) is 8.49. The van der Waals surface area contributed by atoms with Gasteiger partial charge in [0, 0.05) is 12.0 Å². The third-order valence-electron chi connectivity index (χ3n) is 2.38. The molecule has 16 heavy (non-hydrogen) atoms. The number of carbonyl (C=O) groups is 2. The van der Waals surface area contributed by atoms with Gasteiger partial charge in [0.15, 0.2) is 0 Å². The topological polar surface area (TPSA) is 54.4 Å². The number of aryl methyl sites for hydroxylation is 2. The van der Waals surface area contributed by atoms with Crippen molar-refractivity contribution in [3.8, 4) is 0 Å². The highest BCUT2D eigenvalue weighted by Crippen LogP contribution is 2.16. The van der Waals surface area contributed by atoms with E-state index in [1.54, 1.807) is 13.0 Å². The third-order valence-corrected chi connectivity index (χ3v) is 2.38. The highest BCUT2D eigenvalue weighted by molar-refractivity contribution is 5.77. The fourth-order valence-electron chi connectivity index (χ4n) is 1.51. The van der Waals surface area contributed by atoms with Gasteiger partial charge >= 0.3 is 5.97 Å². The van der Waals surface area contributed by atoms with E-state index >= 15 is 0 Å². The molecule has 1 aromatic rings. The fraction of sp³-hybridized carbons (Fsp3) is 0.333. The quantitative estimate of drug-likeness (QED) is 0.781. The molecule has 0 radical (unpaired) electrons. The number of halogens is 1. The second kappa shape index (κ2) is 5.39. The van der Waals surface area contributed by atoms with Crippen LogP contribution >= 0.6 is 0 Å². The van der Waals surface area contributed by atoms with Crippen molar-refractivity contribution in [1.82, 2.24) is 0 Å². The standard InChI is InChI=1S/C12H13FO3/c1-8-5-9(3-2-4-12(15)16)10(7-14)6-11(8)13/h5-7H,2-4H2,1H3,(H,15,16). The molecule has 0 saturated carbocycles. The van der Waals surface area contributed by atoms with E-state index in [0.29, 0.717) is 35.8 Å². The van der Waals surface area contributed by atoms with Crippen molar-refractivity contribution in [2.45, 2.75) is 26.2 Å². The average molecular weight is 224 g/mol. The first kappa shape index (κ1) is 12.4. The predicted octanol–water partition coefficient (Wildman–Crippen LogP) is 2.35. The van der Waals surface area contributed by atoms with Crippen molar-refractivity contribution in [2.24, 2.45) is 0 Å². The molecule has 0 heterocycles. The summed E-state index contributed by atoms with van der Waals surface area (Å²) in [5.41, 5.74) is 1.47. The van der Waals surface area contributed by atoms with Crippen LogP contribution in [0.2, 0.25) is 0 Å². The summed E-state index contributed by atoms with van der Waals surface area (Å²) < 4.78 is 13.1. The van der Waals surface area contributed by atoms with Gasteiger partial charge in [-0.15, -0.1) is 0 Å². The molecule has 0 aliphatic carbocycles. The van der Waals surface area contributed by atoms with E-state index in [1.165, 1.54) is 6.07 Å². The maximum atomic E-state index is 13.1. The monoisotopic (exact) mass is 224 g/mol. The van der Waals surface area contributed by atoms with E-state index in [4.69, 9.17) is 5.11 Å². The van der Waals surface area contributed by atoms with Crippen LogP contribution in [0.15, 0.2) is 12.1 Å². The van der Waals surface area contributed by atoms with E-state index in [1.807, 2.05) is 0 Å². The van der Waals surface area contributed by atoms with E-state index in [-0.39, 0.29) is 6.42 Å². The SMILES string of the molecule is Cc1cc(CCCC(=O)O)c(C=O)cc1F. The highest BCUT2D eigenvalue weighted by Gasteiger charge is 2.07. The lowest BCUT2D eigenvalue weighted by Gasteiger charge is -2.06. The molecule has 86 valence electrons. The van der Waals surface area contributed by atoms with Gasteiger partial charge in [0.05, 0.1) is 0 Å². The predicted molar refractivity (Wildman–Crippen MR) is 57.1 cm³/mol. The second-order valence-electron chi connectivity index (χ2n) is 3.67. The molecule has 0 spiro atoms. The zero-order valence-corrected chi connectivity index (χ0v) is 9.00. The van der Waals surface area contributed by atoms with Gasteiger partial charge in [-0.05, 0) is 37.0 Å². The smallest absolute Gasteiger partial charge is 0.303 e. The number of hydrogen-bond donors (Lipinski definition) is 1. The molecule has 0 aliphatic heterocycles. The second-order valence-corrected chi connectivity index (χ2v) is 3.67. The first-order chi connectivity index (χ1) is 7.54. The Morgan fingerprint density at radius 1 is 1.50 bits per heavy atom. The molecular weight excluding hydrogens is 211 g/mol. The Morgan fingerprint density at radius 2 is 2.19 bits per heavy atom. The van der Waals surface area contributed by atoms with Crippen LogP contribution < -0.4 is 0 Å². The summed E-state index contributed by atoms with van der Waals surface area (Å²) in [5.74, 6) is -1.28. The molecule has 0 aromatic heterocycles. The lowest BCUT2D eigenvalue weighted by atomic mass is 10.00. The van der Waals surface area contributed by atoms with Crippen LogP contribution in [0.5, 0.6) is 0 Å². The summed E-state index contributed by atoms with van der Waals surface area (Å²) >= 11 is 0. The number of carboxylic acids is 1. The maximum Gasteiger partial charge on any atom is 0.303 e. The molecule has 0 aliphatic rings. The molecule has 0 atom stereocenters. The van der Waals surface area contributed by atoms with Gasteiger partial charge in [0.2, 0.25) is 0 Å². The first-order valence-electron chi connectivity index (χ1n) is 5.00. The van der Waals surface area contributed by atoms with Crippen LogP contribution in [-0.4, -0.2) is 17.4 Å². The van der Waals surface area contributed by atoms with Crippen LogP contribution in [0.25, 0.3) is 0 Å². The van der Waals surface area contributed by atoms with Gasteiger partial charge < -0.3 is 5.11 Å². The molecular formula is C12H13FO3. The van der Waals surface area contributed by atoms with Crippen LogP contribution in [0.1, 0.15) is 34.3 Å². The molecule has 1 N–H and O–H groups in total. The van der Waals surface area contributed by atoms with Crippen LogP contribution in [0.3, 0.4) is 0 Å². The van der Waals surface area contributed by atoms with Crippen molar-refractivity contribution in [3.63, 3.8) is 0 Å². The molecule has 0 amide bonds. The van der Waals surface area contributed by atoms with Gasteiger partial charge in [0.1, 0.15) is 12.1 Å². The van der Waals surface area contributed by atoms with E-state index in [2.05, 4.69) is 0 Å². The number of carbonyl (C=O) groups excluding carboxylic acids is 1. The Hall–Kier alpha value is -1.71. The summed E-state index contributed by atoms with van der Waals surface area (Å²) in [7, 11) is 0. The molecule has 0 saturated heterocycles. The normalized spacial score (nSPS) is 10.1. The van der Waals surface area contributed by atoms with Crippen LogP contribution in [-0.2, 0) is 11.2 Å². The number of hydrogen-bond acceptors (Lipinski definition) is 2. The van der Waals surface area contributed by atoms with Gasteiger partial charge in [-0.3, -0.25) is 9.59 Å². The van der Waals surface area contributed by atoms with E-state index < -0.39 is 11.8 Å². The van der Waals surface area contributed by atoms with E-state index in [0.717, 1.165) is 0 Å². The summed E-state index contributed by atoms with van der Waals surface area (Å²) in [4.78, 5) is 21.0. The van der Waals surface area contributed by atoms with Crippen molar-refractivity contribution in [2.75, 3.05) is 0 Å². The van der Waals surface area contributed by atoms with Crippen LogP contribution in [0, 0.1) is 12.7 Å². The molecule has 0 bridgehead atoms. The molecule has 0 fully saturated rings. The number of aliphatic carboxylic acids is 1. The van der Waals surface area contributed by atoms with Crippen LogP contribution in [0.4, 0.5) is 4.39 Å². The average Bonchev–Trinajstić information content (AvgIpc) is 2.22. The van der Waals surface area contributed by atoms with Gasteiger partial charge in [-0.2, -0.15) is 0 Å². The lowest BCUT2D eigenvalue weighted by Crippen LogP contribution is -2.00. The first-order valence-corrected chi connectivity index (χ1v) is 5.00. The summed E-state index contributed by atoms with van der Waals surface area (Å²) in [6.45, 7) is 1.62. The highest BCUT2D eigenvalue weighted by atomic mass is 19.1. The minimum atomic E-state index is -0.869. The Kier molecular flexibility index (Phi) is 4.17. The van der Waals surface area contributed by atoms with Gasteiger partial charge in [-0.25, -0.2) is 4.39 Å². The summed E-state index contributed by atoms with van der Waals surface area (Å²) in [6.07, 6.45) is 1.57. The molecule has 0 unspecified atom stereocenters. The number of rotatable bonds is 5. The fourth-order valence-corrected chi connectivity index (χ4v) is 1.51. The Labute approximate surface area is 92.9 Å². The Morgan fingerprint density at radius 3 is 2.75 bits per heavy atom. The van der Waals surface area contributed by atoms with Gasteiger partial charge in [0.25, 0.3) is 0 Å². The minimum Gasteiger partial charge on any atom is -0.481 e. The molecule has 1 rings (SSSR count).